The summed E-state index contributed by atoms with van der Waals surface area (Å²) < 4.78 is 11.4. The van der Waals surface area contributed by atoms with Crippen molar-refractivity contribution in [3.05, 3.63) is 29.8 Å². The second-order valence-electron chi connectivity index (χ2n) is 6.48. The monoisotopic (exact) mass is 308 g/mol. The average Bonchev–Trinajstić information content (AvgIpc) is 2.46. The molecule has 0 amide bonds. The molecular weight excluding hydrogens is 278 g/mol. The molecule has 1 unspecified atom stereocenters. The Kier molecular flexibility index (Phi) is 6.68. The zero-order chi connectivity index (χ0) is 15.9. The smallest absolute Gasteiger partial charge is 0.137 e. The van der Waals surface area contributed by atoms with Gasteiger partial charge in [0, 0.05) is 0 Å². The molecular formula is C18H30NO3+. The van der Waals surface area contributed by atoms with E-state index in [0.717, 1.165) is 31.7 Å². The molecule has 1 aliphatic heterocycles. The zero-order valence-corrected chi connectivity index (χ0v) is 14.0. The van der Waals surface area contributed by atoms with Gasteiger partial charge in [-0.2, -0.15) is 0 Å². The maximum Gasteiger partial charge on any atom is 0.137 e. The first-order valence-electron chi connectivity index (χ1n) is 8.45. The van der Waals surface area contributed by atoms with Gasteiger partial charge >= 0.3 is 0 Å². The van der Waals surface area contributed by atoms with Crippen molar-refractivity contribution in [2.75, 3.05) is 26.2 Å². The molecule has 2 N–H and O–H groups in total. The summed E-state index contributed by atoms with van der Waals surface area (Å²) in [7, 11) is 0. The van der Waals surface area contributed by atoms with E-state index in [0.29, 0.717) is 13.2 Å². The number of aliphatic hydroxyl groups is 1. The third-order valence-corrected chi connectivity index (χ3v) is 4.05. The van der Waals surface area contributed by atoms with E-state index in [1.54, 1.807) is 0 Å². The Balaban J connectivity index is 1.73. The van der Waals surface area contributed by atoms with E-state index < -0.39 is 6.10 Å². The molecule has 1 saturated heterocycles. The number of nitrogens with one attached hydrogen (secondary N) is 1. The fourth-order valence-corrected chi connectivity index (χ4v) is 3.18. The van der Waals surface area contributed by atoms with E-state index in [2.05, 4.69) is 32.9 Å². The number of aliphatic hydroxyl groups excluding tert-OH is 1. The van der Waals surface area contributed by atoms with Crippen molar-refractivity contribution in [3.63, 3.8) is 0 Å². The summed E-state index contributed by atoms with van der Waals surface area (Å²) in [4.78, 5) is 1.39. The molecule has 2 rings (SSSR count). The zero-order valence-electron chi connectivity index (χ0n) is 14.0. The van der Waals surface area contributed by atoms with Crippen LogP contribution in [0.1, 0.15) is 32.8 Å². The number of quaternary nitrogens is 1. The van der Waals surface area contributed by atoms with Gasteiger partial charge in [-0.05, 0) is 38.0 Å². The third kappa shape index (κ3) is 5.59. The van der Waals surface area contributed by atoms with Gasteiger partial charge in [-0.15, -0.1) is 0 Å². The van der Waals surface area contributed by atoms with Crippen molar-refractivity contribution < 1.29 is 19.5 Å². The Bertz CT molecular complexity index is 424. The lowest BCUT2D eigenvalue weighted by Gasteiger charge is -2.33. The van der Waals surface area contributed by atoms with Crippen LogP contribution >= 0.6 is 0 Å². The highest BCUT2D eigenvalue weighted by Gasteiger charge is 2.27. The summed E-state index contributed by atoms with van der Waals surface area (Å²) in [5.41, 5.74) is 1.33. The fraction of sp³-hybridized carbons (Fsp3) is 0.667. The number of ether oxygens (including phenoxy) is 2. The summed E-state index contributed by atoms with van der Waals surface area (Å²) in [6, 6.07) is 8.18. The predicted molar refractivity (Wildman–Crippen MR) is 87.5 cm³/mol. The van der Waals surface area contributed by atoms with Gasteiger partial charge in [-0.25, -0.2) is 0 Å². The minimum atomic E-state index is -0.442. The maximum absolute atomic E-state index is 10.2. The predicted octanol–water partition coefficient (Wildman–Crippen LogP) is 1.07. The van der Waals surface area contributed by atoms with E-state index in [4.69, 9.17) is 9.47 Å². The van der Waals surface area contributed by atoms with Crippen molar-refractivity contribution in [2.45, 2.75) is 51.9 Å². The molecule has 1 aliphatic rings. The molecule has 1 aromatic carbocycles. The van der Waals surface area contributed by atoms with Gasteiger partial charge in [0.25, 0.3) is 0 Å². The Labute approximate surface area is 134 Å². The van der Waals surface area contributed by atoms with Crippen LogP contribution in [0, 0.1) is 0 Å². The second kappa shape index (κ2) is 8.51. The molecule has 4 atom stereocenters. The molecule has 0 saturated carbocycles. The lowest BCUT2D eigenvalue weighted by molar-refractivity contribution is -0.918. The summed E-state index contributed by atoms with van der Waals surface area (Å²) in [6.07, 6.45) is 2.33. The van der Waals surface area contributed by atoms with Crippen molar-refractivity contribution in [1.29, 1.82) is 0 Å². The third-order valence-electron chi connectivity index (χ3n) is 4.05. The first-order chi connectivity index (χ1) is 10.6. The molecule has 0 aliphatic carbocycles. The van der Waals surface area contributed by atoms with Crippen LogP contribution in [0.3, 0.4) is 0 Å². The molecule has 0 aromatic heterocycles. The SMILES string of the molecule is CCCc1ccc(OC[C@H](O)C[NH+]2C[C@@H](C)O[C@@H](C)C2)cc1. The van der Waals surface area contributed by atoms with Crippen LogP contribution in [0.25, 0.3) is 0 Å². The van der Waals surface area contributed by atoms with Crippen LogP contribution in [0.4, 0.5) is 0 Å². The molecule has 1 heterocycles. The van der Waals surface area contributed by atoms with Crippen LogP contribution in [-0.4, -0.2) is 49.7 Å². The van der Waals surface area contributed by atoms with Crippen molar-refractivity contribution in [1.82, 2.24) is 0 Å². The van der Waals surface area contributed by atoms with Gasteiger partial charge in [0.15, 0.2) is 0 Å². The molecule has 0 radical (unpaired) electrons. The molecule has 124 valence electrons. The number of hydrogen-bond acceptors (Lipinski definition) is 3. The van der Waals surface area contributed by atoms with E-state index in [1.165, 1.54) is 10.5 Å². The highest BCUT2D eigenvalue weighted by molar-refractivity contribution is 5.27. The van der Waals surface area contributed by atoms with Gasteiger partial charge < -0.3 is 19.5 Å². The lowest BCUT2D eigenvalue weighted by Crippen LogP contribution is -3.16. The Morgan fingerprint density at radius 2 is 1.86 bits per heavy atom. The van der Waals surface area contributed by atoms with E-state index in [9.17, 15) is 5.11 Å². The van der Waals surface area contributed by atoms with Crippen molar-refractivity contribution in [3.8, 4) is 5.75 Å². The minimum Gasteiger partial charge on any atom is -0.491 e. The molecule has 22 heavy (non-hydrogen) atoms. The van der Waals surface area contributed by atoms with Gasteiger partial charge in [0.05, 0.1) is 0 Å². The summed E-state index contributed by atoms with van der Waals surface area (Å²) in [5.74, 6) is 0.831. The first-order valence-corrected chi connectivity index (χ1v) is 8.45. The number of aryl methyl sites for hydroxylation is 1. The van der Waals surface area contributed by atoms with E-state index in [1.807, 2.05) is 12.1 Å². The topological polar surface area (TPSA) is 43.1 Å². The van der Waals surface area contributed by atoms with Crippen molar-refractivity contribution >= 4 is 0 Å². The number of morpholine rings is 1. The van der Waals surface area contributed by atoms with Crippen LogP contribution < -0.4 is 9.64 Å². The molecule has 0 spiro atoms. The van der Waals surface area contributed by atoms with Crippen LogP contribution in [0.2, 0.25) is 0 Å². The first kappa shape index (κ1) is 17.3. The molecule has 1 fully saturated rings. The number of benzene rings is 1. The Morgan fingerprint density at radius 3 is 2.45 bits per heavy atom. The van der Waals surface area contributed by atoms with Gasteiger partial charge in [0.1, 0.15) is 50.3 Å². The van der Waals surface area contributed by atoms with Crippen LogP contribution in [0.5, 0.6) is 5.75 Å². The normalized spacial score (nSPS) is 26.6. The number of hydrogen-bond donors (Lipinski definition) is 2. The Morgan fingerprint density at radius 1 is 1.23 bits per heavy atom. The van der Waals surface area contributed by atoms with E-state index >= 15 is 0 Å². The largest absolute Gasteiger partial charge is 0.491 e. The lowest BCUT2D eigenvalue weighted by atomic mass is 10.1. The fourth-order valence-electron chi connectivity index (χ4n) is 3.18. The summed E-state index contributed by atoms with van der Waals surface area (Å²) in [6.45, 7) is 9.33. The highest BCUT2D eigenvalue weighted by Crippen LogP contribution is 2.13. The molecule has 4 heteroatoms. The molecule has 4 nitrogen and oxygen atoms in total. The number of rotatable bonds is 7. The summed E-state index contributed by atoms with van der Waals surface area (Å²) in [5, 5.41) is 10.2. The van der Waals surface area contributed by atoms with E-state index in [-0.39, 0.29) is 12.2 Å². The average molecular weight is 308 g/mol. The van der Waals surface area contributed by atoms with Crippen LogP contribution in [0.15, 0.2) is 24.3 Å². The van der Waals surface area contributed by atoms with Gasteiger partial charge in [-0.1, -0.05) is 25.5 Å². The van der Waals surface area contributed by atoms with Gasteiger partial charge in [0.2, 0.25) is 0 Å². The van der Waals surface area contributed by atoms with Gasteiger partial charge in [-0.3, -0.25) is 0 Å². The maximum atomic E-state index is 10.2. The Hall–Kier alpha value is -1.10. The van der Waals surface area contributed by atoms with Crippen LogP contribution in [-0.2, 0) is 11.2 Å². The minimum absolute atomic E-state index is 0.262. The van der Waals surface area contributed by atoms with Crippen molar-refractivity contribution in [2.24, 2.45) is 0 Å². The quantitative estimate of drug-likeness (QED) is 0.792. The molecule has 1 aromatic rings. The highest BCUT2D eigenvalue weighted by atomic mass is 16.5. The standard InChI is InChI=1S/C18H29NO3/c1-4-5-16-6-8-18(9-7-16)21-13-17(20)12-19-10-14(2)22-15(3)11-19/h6-9,14-15,17,20H,4-5,10-13H2,1-3H3/p+1/t14-,15+,17-/m1/s1. The summed E-state index contributed by atoms with van der Waals surface area (Å²) >= 11 is 0. The second-order valence-corrected chi connectivity index (χ2v) is 6.48. The molecule has 0 bridgehead atoms.